The molecule has 1 aromatic heterocycles. The van der Waals surface area contributed by atoms with Gasteiger partial charge in [0.15, 0.2) is 11.5 Å². The maximum atomic E-state index is 11.7. The van der Waals surface area contributed by atoms with Crippen LogP contribution in [0, 0.1) is 0 Å². The van der Waals surface area contributed by atoms with Crippen LogP contribution >= 0.6 is 0 Å². The topological polar surface area (TPSA) is 101 Å². The highest BCUT2D eigenvalue weighted by Crippen LogP contribution is 2.15. The van der Waals surface area contributed by atoms with E-state index in [9.17, 15) is 9.59 Å². The van der Waals surface area contributed by atoms with E-state index in [-0.39, 0.29) is 17.4 Å². The van der Waals surface area contributed by atoms with Gasteiger partial charge in [-0.1, -0.05) is 0 Å². The van der Waals surface area contributed by atoms with Gasteiger partial charge in [-0.05, 0) is 12.8 Å². The summed E-state index contributed by atoms with van der Waals surface area (Å²) in [5.74, 6) is -1.67. The zero-order chi connectivity index (χ0) is 12.3. The standard InChI is InChI=1S/C10H11N3O4/c14-9(6-2-1-5-17-6)13-8-7(10(15)16)11-3-4-12-8/h3-4,6H,1-2,5H2,(H,15,16)(H,12,13,14). The van der Waals surface area contributed by atoms with Crippen LogP contribution in [0.25, 0.3) is 0 Å². The van der Waals surface area contributed by atoms with E-state index in [1.165, 1.54) is 12.4 Å². The normalized spacial score (nSPS) is 18.9. The third-order valence-corrected chi connectivity index (χ3v) is 2.36. The van der Waals surface area contributed by atoms with Gasteiger partial charge in [-0.3, -0.25) is 4.79 Å². The smallest absolute Gasteiger partial charge is 0.358 e. The summed E-state index contributed by atoms with van der Waals surface area (Å²) in [6.07, 6.45) is 3.50. The number of amides is 1. The van der Waals surface area contributed by atoms with Crippen molar-refractivity contribution in [1.29, 1.82) is 0 Å². The molecule has 2 N–H and O–H groups in total. The van der Waals surface area contributed by atoms with Crippen molar-refractivity contribution >= 4 is 17.7 Å². The average Bonchev–Trinajstić information content (AvgIpc) is 2.83. The molecular weight excluding hydrogens is 226 g/mol. The van der Waals surface area contributed by atoms with Crippen molar-refractivity contribution in [1.82, 2.24) is 9.97 Å². The molecule has 1 saturated heterocycles. The number of ether oxygens (including phenoxy) is 1. The molecule has 0 aromatic carbocycles. The number of carboxylic acid groups (broad SMARTS) is 1. The first-order chi connectivity index (χ1) is 8.18. The predicted molar refractivity (Wildman–Crippen MR) is 56.6 cm³/mol. The van der Waals surface area contributed by atoms with Crippen LogP contribution in [-0.2, 0) is 9.53 Å². The molecule has 2 heterocycles. The second-order valence-electron chi connectivity index (χ2n) is 3.55. The van der Waals surface area contributed by atoms with Gasteiger partial charge in [0, 0.05) is 19.0 Å². The Bertz CT molecular complexity index is 443. The lowest BCUT2D eigenvalue weighted by molar-refractivity contribution is -0.124. The van der Waals surface area contributed by atoms with Gasteiger partial charge in [0.05, 0.1) is 0 Å². The Kier molecular flexibility index (Phi) is 3.29. The fourth-order valence-corrected chi connectivity index (χ4v) is 1.57. The van der Waals surface area contributed by atoms with E-state index in [0.29, 0.717) is 13.0 Å². The number of carbonyl (C=O) groups is 2. The molecule has 17 heavy (non-hydrogen) atoms. The highest BCUT2D eigenvalue weighted by molar-refractivity contribution is 5.99. The molecule has 1 aliphatic rings. The van der Waals surface area contributed by atoms with Crippen molar-refractivity contribution in [2.75, 3.05) is 11.9 Å². The van der Waals surface area contributed by atoms with Gasteiger partial charge < -0.3 is 15.2 Å². The average molecular weight is 237 g/mol. The van der Waals surface area contributed by atoms with Crippen LogP contribution in [0.15, 0.2) is 12.4 Å². The number of anilines is 1. The van der Waals surface area contributed by atoms with E-state index in [4.69, 9.17) is 9.84 Å². The zero-order valence-electron chi connectivity index (χ0n) is 8.92. The molecule has 0 bridgehead atoms. The van der Waals surface area contributed by atoms with E-state index < -0.39 is 12.1 Å². The molecule has 1 amide bonds. The summed E-state index contributed by atoms with van der Waals surface area (Å²) >= 11 is 0. The number of aromatic carboxylic acids is 1. The summed E-state index contributed by atoms with van der Waals surface area (Å²) in [6, 6.07) is 0. The van der Waals surface area contributed by atoms with Crippen molar-refractivity contribution in [2.45, 2.75) is 18.9 Å². The molecule has 7 nitrogen and oxygen atoms in total. The number of rotatable bonds is 3. The van der Waals surface area contributed by atoms with Crippen molar-refractivity contribution in [3.8, 4) is 0 Å². The molecule has 0 saturated carbocycles. The Hall–Kier alpha value is -2.02. The highest BCUT2D eigenvalue weighted by Gasteiger charge is 2.25. The maximum absolute atomic E-state index is 11.7. The SMILES string of the molecule is O=C(O)c1nccnc1NC(=O)C1CCCO1. The number of carboxylic acids is 1. The van der Waals surface area contributed by atoms with Crippen LogP contribution in [0.2, 0.25) is 0 Å². The van der Waals surface area contributed by atoms with Gasteiger partial charge in [0.2, 0.25) is 0 Å². The fraction of sp³-hybridized carbons (Fsp3) is 0.400. The highest BCUT2D eigenvalue weighted by atomic mass is 16.5. The van der Waals surface area contributed by atoms with Gasteiger partial charge in [-0.15, -0.1) is 0 Å². The Morgan fingerprint density at radius 3 is 2.82 bits per heavy atom. The number of hydrogen-bond donors (Lipinski definition) is 2. The van der Waals surface area contributed by atoms with Crippen LogP contribution < -0.4 is 5.32 Å². The molecule has 0 radical (unpaired) electrons. The van der Waals surface area contributed by atoms with Crippen LogP contribution in [0.5, 0.6) is 0 Å². The zero-order valence-corrected chi connectivity index (χ0v) is 8.92. The van der Waals surface area contributed by atoms with Crippen LogP contribution in [-0.4, -0.2) is 39.7 Å². The predicted octanol–water partition coefficient (Wildman–Crippen LogP) is 0.292. The first-order valence-corrected chi connectivity index (χ1v) is 5.15. The third kappa shape index (κ3) is 2.56. The van der Waals surface area contributed by atoms with Gasteiger partial charge in [-0.2, -0.15) is 0 Å². The Labute approximate surface area is 96.8 Å². The summed E-state index contributed by atoms with van der Waals surface area (Å²) in [5, 5.41) is 11.3. The second kappa shape index (κ2) is 4.88. The molecule has 1 unspecified atom stereocenters. The van der Waals surface area contributed by atoms with Gasteiger partial charge >= 0.3 is 5.97 Å². The van der Waals surface area contributed by atoms with E-state index in [2.05, 4.69) is 15.3 Å². The Morgan fingerprint density at radius 2 is 2.18 bits per heavy atom. The molecule has 0 spiro atoms. The summed E-state index contributed by atoms with van der Waals surface area (Å²) in [6.45, 7) is 0.546. The quantitative estimate of drug-likeness (QED) is 0.783. The van der Waals surface area contributed by atoms with E-state index >= 15 is 0 Å². The Morgan fingerprint density at radius 1 is 1.41 bits per heavy atom. The summed E-state index contributed by atoms with van der Waals surface area (Å²) in [4.78, 5) is 30.0. The fourth-order valence-electron chi connectivity index (χ4n) is 1.57. The molecule has 90 valence electrons. The summed E-state index contributed by atoms with van der Waals surface area (Å²) < 4.78 is 5.18. The largest absolute Gasteiger partial charge is 0.476 e. The number of carbonyl (C=O) groups excluding carboxylic acids is 1. The lowest BCUT2D eigenvalue weighted by Crippen LogP contribution is -2.28. The van der Waals surface area contributed by atoms with Gasteiger partial charge in [0.1, 0.15) is 6.10 Å². The monoisotopic (exact) mass is 237 g/mol. The van der Waals surface area contributed by atoms with Crippen molar-refractivity contribution < 1.29 is 19.4 Å². The molecule has 1 aliphatic heterocycles. The Balaban J connectivity index is 2.12. The van der Waals surface area contributed by atoms with Crippen molar-refractivity contribution in [3.05, 3.63) is 18.1 Å². The molecule has 1 fully saturated rings. The van der Waals surface area contributed by atoms with E-state index in [0.717, 1.165) is 6.42 Å². The summed E-state index contributed by atoms with van der Waals surface area (Å²) in [7, 11) is 0. The number of aromatic nitrogens is 2. The van der Waals surface area contributed by atoms with Gasteiger partial charge in [0.25, 0.3) is 5.91 Å². The molecule has 2 rings (SSSR count). The van der Waals surface area contributed by atoms with Crippen LogP contribution in [0.1, 0.15) is 23.3 Å². The molecule has 7 heteroatoms. The lowest BCUT2D eigenvalue weighted by atomic mass is 10.2. The first kappa shape index (κ1) is 11.5. The maximum Gasteiger partial charge on any atom is 0.358 e. The van der Waals surface area contributed by atoms with E-state index in [1.54, 1.807) is 0 Å². The summed E-state index contributed by atoms with van der Waals surface area (Å²) in [5.41, 5.74) is -0.279. The number of nitrogens with one attached hydrogen (secondary N) is 1. The van der Waals surface area contributed by atoms with Crippen LogP contribution in [0.3, 0.4) is 0 Å². The number of hydrogen-bond acceptors (Lipinski definition) is 5. The molecule has 1 aromatic rings. The minimum absolute atomic E-state index is 0.0551. The van der Waals surface area contributed by atoms with E-state index in [1.807, 2.05) is 0 Å². The van der Waals surface area contributed by atoms with Crippen molar-refractivity contribution in [2.24, 2.45) is 0 Å². The lowest BCUT2D eigenvalue weighted by Gasteiger charge is -2.10. The van der Waals surface area contributed by atoms with Gasteiger partial charge in [-0.25, -0.2) is 14.8 Å². The minimum Gasteiger partial charge on any atom is -0.476 e. The van der Waals surface area contributed by atoms with Crippen molar-refractivity contribution in [3.63, 3.8) is 0 Å². The van der Waals surface area contributed by atoms with Crippen LogP contribution in [0.4, 0.5) is 5.82 Å². The molecule has 1 atom stereocenters. The second-order valence-corrected chi connectivity index (χ2v) is 3.55. The number of nitrogens with zero attached hydrogens (tertiary/aromatic N) is 2. The first-order valence-electron chi connectivity index (χ1n) is 5.15. The minimum atomic E-state index is -1.24. The third-order valence-electron chi connectivity index (χ3n) is 2.36. The molecular formula is C10H11N3O4. The molecule has 0 aliphatic carbocycles.